The van der Waals surface area contributed by atoms with Gasteiger partial charge in [0.2, 0.25) is 0 Å². The van der Waals surface area contributed by atoms with Crippen molar-refractivity contribution < 1.29 is 5.11 Å². The molecule has 1 saturated heterocycles. The number of fused-ring (bicyclic) bond motifs is 1. The molecule has 3 rings (SSSR count). The number of nitrogens with zero attached hydrogens (tertiary/aromatic N) is 1. The van der Waals surface area contributed by atoms with E-state index in [0.717, 1.165) is 29.5 Å². The summed E-state index contributed by atoms with van der Waals surface area (Å²) in [5.41, 5.74) is 5.62. The number of phenolic OH excluding ortho intramolecular Hbond substituents is 1. The third-order valence-corrected chi connectivity index (χ3v) is 4.07. The summed E-state index contributed by atoms with van der Waals surface area (Å²) in [5, 5.41) is 17.3. The number of piperidine rings is 1. The molecular weight excluding hydrogens is 282 g/mol. The second-order valence-electron chi connectivity index (χ2n) is 4.48. The number of benzene rings is 1. The molecular formula is C12H14BrN3O. The van der Waals surface area contributed by atoms with Gasteiger partial charge in [-0.1, -0.05) is 6.07 Å². The molecule has 2 aliphatic rings. The quantitative estimate of drug-likeness (QED) is 0.740. The Hall–Kier alpha value is -1.07. The fourth-order valence-electron chi connectivity index (χ4n) is 2.49. The van der Waals surface area contributed by atoms with Crippen molar-refractivity contribution in [3.05, 3.63) is 28.2 Å². The van der Waals surface area contributed by atoms with Gasteiger partial charge in [0.15, 0.2) is 0 Å². The topological polar surface area (TPSA) is 56.6 Å². The predicted octanol–water partition coefficient (Wildman–Crippen LogP) is 1.76. The molecule has 90 valence electrons. The fourth-order valence-corrected chi connectivity index (χ4v) is 2.89. The molecule has 17 heavy (non-hydrogen) atoms. The van der Waals surface area contributed by atoms with Crippen LogP contribution in [0.5, 0.6) is 5.75 Å². The van der Waals surface area contributed by atoms with Gasteiger partial charge in [0.1, 0.15) is 5.75 Å². The van der Waals surface area contributed by atoms with Crippen LogP contribution >= 0.6 is 15.9 Å². The summed E-state index contributed by atoms with van der Waals surface area (Å²) in [6, 6.07) is 5.84. The molecule has 0 amide bonds. The van der Waals surface area contributed by atoms with E-state index in [1.807, 2.05) is 12.1 Å². The summed E-state index contributed by atoms with van der Waals surface area (Å²) in [7, 11) is 0. The summed E-state index contributed by atoms with van der Waals surface area (Å²) >= 11 is 3.35. The van der Waals surface area contributed by atoms with Gasteiger partial charge in [-0.2, -0.15) is 5.10 Å². The number of phenols is 1. The molecule has 1 aromatic carbocycles. The minimum atomic E-state index is 0.217. The molecule has 4 nitrogen and oxygen atoms in total. The van der Waals surface area contributed by atoms with E-state index in [2.05, 4.69) is 31.8 Å². The Morgan fingerprint density at radius 3 is 3.12 bits per heavy atom. The normalized spacial score (nSPS) is 27.2. The van der Waals surface area contributed by atoms with Crippen molar-refractivity contribution in [3.8, 4) is 5.75 Å². The van der Waals surface area contributed by atoms with Crippen molar-refractivity contribution in [1.82, 2.24) is 10.7 Å². The molecule has 2 aliphatic heterocycles. The van der Waals surface area contributed by atoms with E-state index in [0.29, 0.717) is 5.92 Å². The molecule has 0 aliphatic carbocycles. The zero-order chi connectivity index (χ0) is 11.8. The smallest absolute Gasteiger partial charge is 0.129 e. The van der Waals surface area contributed by atoms with Crippen LogP contribution in [0.25, 0.3) is 0 Å². The summed E-state index contributed by atoms with van der Waals surface area (Å²) in [5.74, 6) is 0.704. The predicted molar refractivity (Wildman–Crippen MR) is 70.1 cm³/mol. The highest BCUT2D eigenvalue weighted by molar-refractivity contribution is 9.10. The molecule has 1 fully saturated rings. The maximum absolute atomic E-state index is 9.51. The minimum absolute atomic E-state index is 0.217. The SMILES string of the molecule is Oc1ccc(C2NN=C3CCNCC32)cc1Br. The van der Waals surface area contributed by atoms with Crippen LogP contribution in [0.4, 0.5) is 0 Å². The molecule has 1 aromatic rings. The zero-order valence-corrected chi connectivity index (χ0v) is 10.9. The van der Waals surface area contributed by atoms with Crippen LogP contribution < -0.4 is 10.7 Å². The highest BCUT2D eigenvalue weighted by Crippen LogP contribution is 2.33. The average Bonchev–Trinajstić information content (AvgIpc) is 2.76. The van der Waals surface area contributed by atoms with Crippen molar-refractivity contribution in [2.24, 2.45) is 11.0 Å². The molecule has 3 N–H and O–H groups in total. The van der Waals surface area contributed by atoms with Gasteiger partial charge in [-0.15, -0.1) is 0 Å². The summed E-state index contributed by atoms with van der Waals surface area (Å²) < 4.78 is 0.731. The van der Waals surface area contributed by atoms with Gasteiger partial charge in [0.05, 0.1) is 10.5 Å². The van der Waals surface area contributed by atoms with Crippen LogP contribution in [0, 0.1) is 5.92 Å². The average molecular weight is 296 g/mol. The zero-order valence-electron chi connectivity index (χ0n) is 9.28. The lowest BCUT2D eigenvalue weighted by Crippen LogP contribution is -2.38. The minimum Gasteiger partial charge on any atom is -0.507 e. The number of rotatable bonds is 1. The third-order valence-electron chi connectivity index (χ3n) is 3.43. The standard InChI is InChI=1S/C12H14BrN3O/c13-9-5-7(1-2-11(9)17)12-8-6-14-4-3-10(8)15-16-12/h1-2,5,8,12,14,16-17H,3-4,6H2. The Labute approximate surface area is 108 Å². The molecule has 5 heteroatoms. The maximum atomic E-state index is 9.51. The first-order chi connectivity index (χ1) is 8.25. The summed E-state index contributed by atoms with van der Waals surface area (Å²) in [4.78, 5) is 0. The van der Waals surface area contributed by atoms with E-state index >= 15 is 0 Å². The maximum Gasteiger partial charge on any atom is 0.129 e. The number of hydrogen-bond acceptors (Lipinski definition) is 4. The van der Waals surface area contributed by atoms with E-state index in [4.69, 9.17) is 0 Å². The van der Waals surface area contributed by atoms with Crippen molar-refractivity contribution in [1.29, 1.82) is 0 Å². The first kappa shape index (κ1) is 11.0. The van der Waals surface area contributed by atoms with Gasteiger partial charge in [0, 0.05) is 31.1 Å². The monoisotopic (exact) mass is 295 g/mol. The van der Waals surface area contributed by atoms with Crippen LogP contribution in [0.3, 0.4) is 0 Å². The van der Waals surface area contributed by atoms with Gasteiger partial charge in [-0.05, 0) is 33.6 Å². The van der Waals surface area contributed by atoms with Crippen molar-refractivity contribution in [3.63, 3.8) is 0 Å². The third kappa shape index (κ3) is 1.93. The van der Waals surface area contributed by atoms with Gasteiger partial charge < -0.3 is 15.8 Å². The summed E-state index contributed by atoms with van der Waals surface area (Å²) in [6.07, 6.45) is 1.02. The van der Waals surface area contributed by atoms with E-state index in [-0.39, 0.29) is 11.8 Å². The number of halogens is 1. The number of aromatic hydroxyl groups is 1. The second-order valence-corrected chi connectivity index (χ2v) is 5.34. The molecule has 2 unspecified atom stereocenters. The fraction of sp³-hybridized carbons (Fsp3) is 0.417. The molecule has 0 aromatic heterocycles. The van der Waals surface area contributed by atoms with Gasteiger partial charge in [-0.3, -0.25) is 0 Å². The van der Waals surface area contributed by atoms with Gasteiger partial charge in [-0.25, -0.2) is 0 Å². The highest BCUT2D eigenvalue weighted by Gasteiger charge is 2.34. The van der Waals surface area contributed by atoms with Gasteiger partial charge in [0.25, 0.3) is 0 Å². The first-order valence-corrected chi connectivity index (χ1v) is 6.56. The second kappa shape index (κ2) is 4.31. The van der Waals surface area contributed by atoms with Gasteiger partial charge >= 0.3 is 0 Å². The lowest BCUT2D eigenvalue weighted by molar-refractivity contribution is 0.447. The number of hydrogen-bond donors (Lipinski definition) is 3. The Balaban J connectivity index is 1.88. The van der Waals surface area contributed by atoms with Crippen LogP contribution in [-0.2, 0) is 0 Å². The van der Waals surface area contributed by atoms with Crippen LogP contribution in [0.2, 0.25) is 0 Å². The van der Waals surface area contributed by atoms with Crippen LogP contribution in [-0.4, -0.2) is 23.9 Å². The van der Waals surface area contributed by atoms with E-state index in [9.17, 15) is 5.11 Å². The van der Waals surface area contributed by atoms with Crippen LogP contribution in [0.1, 0.15) is 18.0 Å². The lowest BCUT2D eigenvalue weighted by Gasteiger charge is -2.25. The number of hydrazone groups is 1. The molecule has 2 atom stereocenters. The molecule has 0 saturated carbocycles. The highest BCUT2D eigenvalue weighted by atomic mass is 79.9. The summed E-state index contributed by atoms with van der Waals surface area (Å²) in [6.45, 7) is 1.98. The first-order valence-electron chi connectivity index (χ1n) is 5.77. The van der Waals surface area contributed by atoms with E-state index in [1.165, 1.54) is 5.71 Å². The Kier molecular flexibility index (Phi) is 2.80. The molecule has 0 radical (unpaired) electrons. The van der Waals surface area contributed by atoms with Crippen molar-refractivity contribution in [2.45, 2.75) is 12.5 Å². The Morgan fingerprint density at radius 2 is 2.29 bits per heavy atom. The van der Waals surface area contributed by atoms with Crippen LogP contribution in [0.15, 0.2) is 27.8 Å². The Bertz CT molecular complexity index is 475. The number of nitrogens with one attached hydrogen (secondary N) is 2. The lowest BCUT2D eigenvalue weighted by atomic mass is 9.87. The van der Waals surface area contributed by atoms with Crippen molar-refractivity contribution in [2.75, 3.05) is 13.1 Å². The van der Waals surface area contributed by atoms with Crippen molar-refractivity contribution >= 4 is 21.6 Å². The molecule has 2 heterocycles. The largest absolute Gasteiger partial charge is 0.507 e. The molecule has 0 spiro atoms. The Morgan fingerprint density at radius 1 is 1.41 bits per heavy atom. The van der Waals surface area contributed by atoms with E-state index in [1.54, 1.807) is 6.07 Å². The molecule has 0 bridgehead atoms. The van der Waals surface area contributed by atoms with E-state index < -0.39 is 0 Å².